The summed E-state index contributed by atoms with van der Waals surface area (Å²) in [4.78, 5) is 29.8. The van der Waals surface area contributed by atoms with Crippen molar-refractivity contribution in [2.24, 2.45) is 4.99 Å². The van der Waals surface area contributed by atoms with Gasteiger partial charge in [0, 0.05) is 64.3 Å². The highest BCUT2D eigenvalue weighted by atomic mass is 127. The molecule has 3 aromatic rings. The molecule has 11 nitrogen and oxygen atoms in total. The minimum absolute atomic E-state index is 0. The van der Waals surface area contributed by atoms with Crippen molar-refractivity contribution in [1.29, 1.82) is 0 Å². The molecule has 4 rings (SSSR count). The molecule has 176 valence electrons. The van der Waals surface area contributed by atoms with Gasteiger partial charge in [0.05, 0.1) is 0 Å². The summed E-state index contributed by atoms with van der Waals surface area (Å²) in [6.07, 6.45) is 5.80. The topological polar surface area (TPSA) is 116 Å². The van der Waals surface area contributed by atoms with Crippen molar-refractivity contribution in [2.45, 2.75) is 19.9 Å². The number of carbonyl (C=O) groups excluding carboxylic acids is 1. The predicted octanol–water partition coefficient (Wildman–Crippen LogP) is 0.931. The van der Waals surface area contributed by atoms with E-state index in [-0.39, 0.29) is 29.9 Å². The minimum atomic E-state index is 0. The zero-order chi connectivity index (χ0) is 22.2. The Labute approximate surface area is 209 Å². The maximum absolute atomic E-state index is 12.6. The maximum atomic E-state index is 12.6. The third kappa shape index (κ3) is 6.49. The van der Waals surface area contributed by atoms with Crippen LogP contribution in [0.2, 0.25) is 0 Å². The molecule has 0 aliphatic carbocycles. The number of piperazine rings is 1. The second-order valence-electron chi connectivity index (χ2n) is 7.33. The number of amides is 1. The molecular weight excluding hydrogens is 535 g/mol. The summed E-state index contributed by atoms with van der Waals surface area (Å²) in [5.41, 5.74) is 0.792. The predicted molar refractivity (Wildman–Crippen MR) is 137 cm³/mol. The molecule has 1 aliphatic heterocycles. The van der Waals surface area contributed by atoms with Crippen LogP contribution >= 0.6 is 24.0 Å². The molecule has 33 heavy (non-hydrogen) atoms. The summed E-state index contributed by atoms with van der Waals surface area (Å²) in [6, 6.07) is 7.57. The maximum Gasteiger partial charge on any atom is 0.225 e. The van der Waals surface area contributed by atoms with Crippen LogP contribution in [0.4, 0.5) is 5.95 Å². The zero-order valence-corrected chi connectivity index (χ0v) is 20.9. The van der Waals surface area contributed by atoms with Crippen LogP contribution in [0, 0.1) is 0 Å². The second-order valence-corrected chi connectivity index (χ2v) is 7.33. The van der Waals surface area contributed by atoms with Gasteiger partial charge in [-0.25, -0.2) is 15.0 Å². The number of nitrogens with one attached hydrogen (secondary N) is 2. The van der Waals surface area contributed by atoms with Crippen LogP contribution in [0.15, 0.2) is 47.8 Å². The Balaban J connectivity index is 0.00000306. The lowest BCUT2D eigenvalue weighted by molar-refractivity contribution is -0.131. The van der Waals surface area contributed by atoms with Gasteiger partial charge in [0.15, 0.2) is 17.4 Å². The van der Waals surface area contributed by atoms with Crippen molar-refractivity contribution >= 4 is 47.4 Å². The van der Waals surface area contributed by atoms with Crippen LogP contribution in [0.25, 0.3) is 5.65 Å². The summed E-state index contributed by atoms with van der Waals surface area (Å²) in [5.74, 6) is 2.26. The van der Waals surface area contributed by atoms with Crippen molar-refractivity contribution in [1.82, 2.24) is 40.1 Å². The highest BCUT2D eigenvalue weighted by molar-refractivity contribution is 14.0. The third-order valence-electron chi connectivity index (χ3n) is 5.21. The van der Waals surface area contributed by atoms with Gasteiger partial charge >= 0.3 is 0 Å². The molecule has 1 fully saturated rings. The van der Waals surface area contributed by atoms with E-state index in [2.05, 4.69) is 40.7 Å². The van der Waals surface area contributed by atoms with E-state index in [1.807, 2.05) is 40.6 Å². The van der Waals surface area contributed by atoms with Crippen LogP contribution < -0.4 is 15.5 Å². The quantitative estimate of drug-likeness (QED) is 0.248. The van der Waals surface area contributed by atoms with Crippen LogP contribution in [0.3, 0.4) is 0 Å². The summed E-state index contributed by atoms with van der Waals surface area (Å²) >= 11 is 0. The van der Waals surface area contributed by atoms with Gasteiger partial charge < -0.3 is 20.4 Å². The van der Waals surface area contributed by atoms with Crippen molar-refractivity contribution in [3.05, 3.63) is 48.7 Å². The van der Waals surface area contributed by atoms with Crippen molar-refractivity contribution in [2.75, 3.05) is 44.2 Å². The Kier molecular flexibility index (Phi) is 9.15. The lowest BCUT2D eigenvalue weighted by Gasteiger charge is -2.34. The van der Waals surface area contributed by atoms with E-state index < -0.39 is 0 Å². The van der Waals surface area contributed by atoms with E-state index in [9.17, 15) is 4.79 Å². The molecule has 0 aromatic carbocycles. The zero-order valence-electron chi connectivity index (χ0n) is 18.6. The molecule has 12 heteroatoms. The molecule has 0 unspecified atom stereocenters. The van der Waals surface area contributed by atoms with Crippen LogP contribution in [-0.2, 0) is 11.3 Å². The van der Waals surface area contributed by atoms with Gasteiger partial charge in [-0.1, -0.05) is 6.07 Å². The van der Waals surface area contributed by atoms with E-state index in [0.717, 1.165) is 31.1 Å². The summed E-state index contributed by atoms with van der Waals surface area (Å²) in [6.45, 7) is 6.44. The molecule has 1 aliphatic rings. The lowest BCUT2D eigenvalue weighted by Crippen LogP contribution is -2.50. The van der Waals surface area contributed by atoms with E-state index in [1.54, 1.807) is 18.5 Å². The Hall–Kier alpha value is -3.03. The molecule has 1 amide bonds. The average molecular weight is 564 g/mol. The van der Waals surface area contributed by atoms with E-state index in [1.165, 1.54) is 0 Å². The molecule has 0 spiro atoms. The highest BCUT2D eigenvalue weighted by Gasteiger charge is 2.22. The average Bonchev–Trinajstić information content (AvgIpc) is 3.26. The molecule has 3 aromatic heterocycles. The van der Waals surface area contributed by atoms with E-state index in [4.69, 9.17) is 0 Å². The number of hydrogen-bond donors (Lipinski definition) is 2. The van der Waals surface area contributed by atoms with Crippen LogP contribution in [0.5, 0.6) is 0 Å². The fourth-order valence-electron chi connectivity index (χ4n) is 3.55. The van der Waals surface area contributed by atoms with Gasteiger partial charge in [0.2, 0.25) is 11.9 Å². The molecular formula is C21H29IN10O. The van der Waals surface area contributed by atoms with Gasteiger partial charge in [0.1, 0.15) is 6.54 Å². The first kappa shape index (κ1) is 24.6. The Bertz CT molecular complexity index is 1050. The number of nitrogens with zero attached hydrogens (tertiary/aromatic N) is 8. The van der Waals surface area contributed by atoms with E-state index >= 15 is 0 Å². The first-order chi connectivity index (χ1) is 15.7. The number of pyridine rings is 1. The molecule has 0 saturated carbocycles. The molecule has 0 bridgehead atoms. The fourth-order valence-corrected chi connectivity index (χ4v) is 3.55. The number of anilines is 1. The van der Waals surface area contributed by atoms with E-state index in [0.29, 0.717) is 44.5 Å². The fraction of sp³-hybridized carbons (Fsp3) is 0.429. The number of guanidine groups is 1. The highest BCUT2D eigenvalue weighted by Crippen LogP contribution is 2.10. The van der Waals surface area contributed by atoms with Gasteiger partial charge in [-0.05, 0) is 25.1 Å². The number of fused-ring (bicyclic) bond motifs is 1. The number of hydrogen-bond acceptors (Lipinski definition) is 7. The molecule has 0 radical (unpaired) electrons. The standard InChI is InChI=1S/C21H28N10O.HI/c1-2-22-20(26-16-18-28-27-17-6-3-4-11-31(17)18)23-10-7-19(32)29-12-14-30(15-13-29)21-24-8-5-9-25-21;/h3-6,8-9,11H,2,7,10,12-16H2,1H3,(H2,22,23,26);1H. The normalized spacial score (nSPS) is 14.2. The van der Waals surface area contributed by atoms with Gasteiger partial charge in [-0.15, -0.1) is 34.2 Å². The smallest absolute Gasteiger partial charge is 0.225 e. The number of rotatable bonds is 7. The minimum Gasteiger partial charge on any atom is -0.357 e. The van der Waals surface area contributed by atoms with Crippen LogP contribution in [0.1, 0.15) is 19.2 Å². The van der Waals surface area contributed by atoms with Crippen molar-refractivity contribution < 1.29 is 4.79 Å². The number of aliphatic imine (C=N–C) groups is 1. The number of carbonyl (C=O) groups is 1. The van der Waals surface area contributed by atoms with Gasteiger partial charge in [-0.2, -0.15) is 0 Å². The van der Waals surface area contributed by atoms with Gasteiger partial charge in [0.25, 0.3) is 0 Å². The van der Waals surface area contributed by atoms with Crippen molar-refractivity contribution in [3.8, 4) is 0 Å². The van der Waals surface area contributed by atoms with Crippen molar-refractivity contribution in [3.63, 3.8) is 0 Å². The monoisotopic (exact) mass is 564 g/mol. The molecule has 0 atom stereocenters. The lowest BCUT2D eigenvalue weighted by atomic mass is 10.3. The molecule has 4 heterocycles. The first-order valence-electron chi connectivity index (χ1n) is 10.8. The summed E-state index contributed by atoms with van der Waals surface area (Å²) in [7, 11) is 0. The summed E-state index contributed by atoms with van der Waals surface area (Å²) < 4.78 is 1.91. The first-order valence-corrected chi connectivity index (χ1v) is 10.8. The SMILES string of the molecule is CCNC(=NCc1nnc2ccccn12)NCCC(=O)N1CCN(c2ncccn2)CC1.I. The second kappa shape index (κ2) is 12.3. The Morgan fingerprint density at radius 3 is 2.61 bits per heavy atom. The molecule has 1 saturated heterocycles. The summed E-state index contributed by atoms with van der Waals surface area (Å²) in [5, 5.41) is 14.8. The Morgan fingerprint density at radius 2 is 1.85 bits per heavy atom. The largest absolute Gasteiger partial charge is 0.357 e. The number of aromatic nitrogens is 5. The number of halogens is 1. The Morgan fingerprint density at radius 1 is 1.06 bits per heavy atom. The third-order valence-corrected chi connectivity index (χ3v) is 5.21. The molecule has 2 N–H and O–H groups in total. The van der Waals surface area contributed by atoms with Gasteiger partial charge in [-0.3, -0.25) is 9.20 Å². The van der Waals surface area contributed by atoms with Crippen LogP contribution in [-0.4, -0.2) is 80.6 Å².